The van der Waals surface area contributed by atoms with Gasteiger partial charge in [0.25, 0.3) is 0 Å². The van der Waals surface area contributed by atoms with Gasteiger partial charge in [-0.1, -0.05) is 0 Å². The molecule has 1 rings (SSSR count). The van der Waals surface area contributed by atoms with Gasteiger partial charge in [0.2, 0.25) is 0 Å². The molecular formula is C7H9O2. The highest BCUT2D eigenvalue weighted by Gasteiger charge is 2.09. The van der Waals surface area contributed by atoms with Gasteiger partial charge in [0.05, 0.1) is 13.2 Å². The average Bonchev–Trinajstić information content (AvgIpc) is 1.88. The zero-order chi connectivity index (χ0) is 6.69. The molecule has 0 aromatic carbocycles. The normalized spacial score (nSPS) is 19.2. The standard InChI is InChI=1S/C7H9O2/c1-9-7-4-2-3-6(8)5-7/h2-4H2,1H3. The van der Waals surface area contributed by atoms with Crippen molar-refractivity contribution in [2.75, 3.05) is 7.11 Å². The van der Waals surface area contributed by atoms with Crippen molar-refractivity contribution in [3.63, 3.8) is 0 Å². The number of allylic oxidation sites excluding steroid dienone is 2. The number of ether oxygens (including phenoxy) is 1. The topological polar surface area (TPSA) is 26.3 Å². The zero-order valence-corrected chi connectivity index (χ0v) is 5.44. The third-order valence-corrected chi connectivity index (χ3v) is 1.33. The maximum Gasteiger partial charge on any atom is 0.167 e. The SMILES string of the molecule is COC1=[C]C(=O)CCC1. The minimum absolute atomic E-state index is 0.0677. The second kappa shape index (κ2) is 2.67. The van der Waals surface area contributed by atoms with Crippen molar-refractivity contribution < 1.29 is 9.53 Å². The van der Waals surface area contributed by atoms with Crippen molar-refractivity contribution in [1.82, 2.24) is 0 Å². The molecule has 0 spiro atoms. The Morgan fingerprint density at radius 2 is 2.33 bits per heavy atom. The van der Waals surface area contributed by atoms with Gasteiger partial charge >= 0.3 is 0 Å². The van der Waals surface area contributed by atoms with Crippen LogP contribution in [0, 0.1) is 6.08 Å². The number of ketones is 1. The fourth-order valence-corrected chi connectivity index (χ4v) is 0.843. The summed E-state index contributed by atoms with van der Waals surface area (Å²) in [5, 5.41) is 0. The van der Waals surface area contributed by atoms with Crippen molar-refractivity contribution in [3.05, 3.63) is 11.8 Å². The summed E-state index contributed by atoms with van der Waals surface area (Å²) in [6.07, 6.45) is 5.03. The number of methoxy groups -OCH3 is 1. The van der Waals surface area contributed by atoms with Crippen LogP contribution in [0.25, 0.3) is 0 Å². The fraction of sp³-hybridized carbons (Fsp3) is 0.571. The van der Waals surface area contributed by atoms with E-state index in [2.05, 4.69) is 6.08 Å². The molecule has 0 saturated carbocycles. The highest BCUT2D eigenvalue weighted by atomic mass is 16.5. The first-order valence-corrected chi connectivity index (χ1v) is 3.02. The molecule has 0 amide bonds. The lowest BCUT2D eigenvalue weighted by Gasteiger charge is -2.08. The van der Waals surface area contributed by atoms with E-state index >= 15 is 0 Å². The molecule has 1 aliphatic rings. The minimum Gasteiger partial charge on any atom is -0.500 e. The minimum atomic E-state index is 0.0677. The quantitative estimate of drug-likeness (QED) is 0.524. The van der Waals surface area contributed by atoms with E-state index in [-0.39, 0.29) is 5.78 Å². The number of carbonyl (C=O) groups excluding carboxylic acids is 1. The maximum atomic E-state index is 10.6. The van der Waals surface area contributed by atoms with Crippen LogP contribution in [0.5, 0.6) is 0 Å². The lowest BCUT2D eigenvalue weighted by molar-refractivity contribution is -0.116. The van der Waals surface area contributed by atoms with Gasteiger partial charge in [-0.2, -0.15) is 0 Å². The smallest absolute Gasteiger partial charge is 0.167 e. The van der Waals surface area contributed by atoms with Gasteiger partial charge in [0.15, 0.2) is 5.78 Å². The first-order chi connectivity index (χ1) is 4.33. The highest BCUT2D eigenvalue weighted by molar-refractivity contribution is 5.86. The molecule has 49 valence electrons. The van der Waals surface area contributed by atoms with Crippen LogP contribution in [-0.4, -0.2) is 12.9 Å². The third kappa shape index (κ3) is 1.56. The summed E-state index contributed by atoms with van der Waals surface area (Å²) in [4.78, 5) is 10.6. The summed E-state index contributed by atoms with van der Waals surface area (Å²) in [6.45, 7) is 0. The molecule has 0 N–H and O–H groups in total. The Bertz CT molecular complexity index is 147. The van der Waals surface area contributed by atoms with E-state index in [0.29, 0.717) is 12.2 Å². The van der Waals surface area contributed by atoms with E-state index < -0.39 is 0 Å². The van der Waals surface area contributed by atoms with Gasteiger partial charge in [0.1, 0.15) is 5.76 Å². The van der Waals surface area contributed by atoms with Gasteiger partial charge in [0, 0.05) is 12.8 Å². The number of carbonyl (C=O) groups is 1. The first kappa shape index (κ1) is 6.33. The molecule has 0 fully saturated rings. The van der Waals surface area contributed by atoms with Crippen LogP contribution in [0.4, 0.5) is 0 Å². The molecule has 9 heavy (non-hydrogen) atoms. The largest absolute Gasteiger partial charge is 0.500 e. The van der Waals surface area contributed by atoms with Crippen LogP contribution < -0.4 is 0 Å². The van der Waals surface area contributed by atoms with Crippen molar-refractivity contribution >= 4 is 5.78 Å². The predicted molar refractivity (Wildman–Crippen MR) is 32.6 cm³/mol. The Hall–Kier alpha value is -0.790. The average molecular weight is 125 g/mol. The monoisotopic (exact) mass is 125 g/mol. The molecule has 0 aliphatic heterocycles. The number of Topliss-reactive ketones (excluding diaryl/α,β-unsaturated/α-hetero) is 1. The van der Waals surface area contributed by atoms with Crippen molar-refractivity contribution in [3.8, 4) is 0 Å². The Kier molecular flexibility index (Phi) is 1.88. The van der Waals surface area contributed by atoms with E-state index in [0.717, 1.165) is 12.8 Å². The Morgan fingerprint density at radius 3 is 2.78 bits per heavy atom. The summed E-state index contributed by atoms with van der Waals surface area (Å²) in [5.74, 6) is 0.768. The van der Waals surface area contributed by atoms with Crippen LogP contribution >= 0.6 is 0 Å². The van der Waals surface area contributed by atoms with Crippen LogP contribution in [0.1, 0.15) is 19.3 Å². The summed E-state index contributed by atoms with van der Waals surface area (Å²) in [6, 6.07) is 0. The Balaban J connectivity index is 2.59. The molecule has 0 saturated heterocycles. The molecule has 0 aromatic rings. The van der Waals surface area contributed by atoms with E-state index in [1.807, 2.05) is 0 Å². The molecule has 1 aliphatic carbocycles. The summed E-state index contributed by atoms with van der Waals surface area (Å²) >= 11 is 0. The van der Waals surface area contributed by atoms with Gasteiger partial charge in [-0.15, -0.1) is 0 Å². The lowest BCUT2D eigenvalue weighted by atomic mass is 10.1. The number of hydrogen-bond donors (Lipinski definition) is 0. The molecule has 2 heteroatoms. The highest BCUT2D eigenvalue weighted by Crippen LogP contribution is 2.13. The molecule has 1 radical (unpaired) electrons. The second-order valence-corrected chi connectivity index (χ2v) is 2.03. The van der Waals surface area contributed by atoms with E-state index in [4.69, 9.17) is 4.74 Å². The van der Waals surface area contributed by atoms with Crippen molar-refractivity contribution in [2.24, 2.45) is 0 Å². The molecule has 2 nitrogen and oxygen atoms in total. The molecule has 0 bridgehead atoms. The molecule has 0 aromatic heterocycles. The van der Waals surface area contributed by atoms with Crippen LogP contribution in [0.2, 0.25) is 0 Å². The summed E-state index contributed by atoms with van der Waals surface area (Å²) < 4.78 is 4.85. The molecular weight excluding hydrogens is 116 g/mol. The zero-order valence-electron chi connectivity index (χ0n) is 5.44. The molecule has 0 atom stereocenters. The van der Waals surface area contributed by atoms with Crippen LogP contribution in [0.3, 0.4) is 0 Å². The Morgan fingerprint density at radius 1 is 1.56 bits per heavy atom. The van der Waals surface area contributed by atoms with Gasteiger partial charge in [-0.25, -0.2) is 0 Å². The van der Waals surface area contributed by atoms with E-state index in [9.17, 15) is 4.79 Å². The van der Waals surface area contributed by atoms with Crippen molar-refractivity contribution in [1.29, 1.82) is 0 Å². The van der Waals surface area contributed by atoms with Crippen molar-refractivity contribution in [2.45, 2.75) is 19.3 Å². The van der Waals surface area contributed by atoms with E-state index in [1.165, 1.54) is 0 Å². The molecule has 0 heterocycles. The number of hydrogen-bond acceptors (Lipinski definition) is 2. The predicted octanol–water partition coefficient (Wildman–Crippen LogP) is 1.07. The Labute approximate surface area is 54.5 Å². The van der Waals surface area contributed by atoms with Crippen LogP contribution in [-0.2, 0) is 9.53 Å². The summed E-state index contributed by atoms with van der Waals surface area (Å²) in [7, 11) is 1.57. The number of rotatable bonds is 1. The second-order valence-electron chi connectivity index (χ2n) is 2.03. The maximum absolute atomic E-state index is 10.6. The van der Waals surface area contributed by atoms with Crippen LogP contribution in [0.15, 0.2) is 5.76 Å². The first-order valence-electron chi connectivity index (χ1n) is 3.02. The molecule has 0 unspecified atom stereocenters. The third-order valence-electron chi connectivity index (χ3n) is 1.33. The van der Waals surface area contributed by atoms with Gasteiger partial charge < -0.3 is 4.74 Å². The van der Waals surface area contributed by atoms with Gasteiger partial charge in [-0.05, 0) is 6.42 Å². The lowest BCUT2D eigenvalue weighted by Crippen LogP contribution is -2.04. The fourth-order valence-electron chi connectivity index (χ4n) is 0.843. The summed E-state index contributed by atoms with van der Waals surface area (Å²) in [5.41, 5.74) is 0. The van der Waals surface area contributed by atoms with Gasteiger partial charge in [-0.3, -0.25) is 4.79 Å². The van der Waals surface area contributed by atoms with E-state index in [1.54, 1.807) is 7.11 Å².